The Labute approximate surface area is 230 Å². The van der Waals surface area contributed by atoms with Crippen LogP contribution in [0.25, 0.3) is 0 Å². The molecule has 2 saturated heterocycles. The predicted molar refractivity (Wildman–Crippen MR) is 143 cm³/mol. The van der Waals surface area contributed by atoms with Gasteiger partial charge in [-0.1, -0.05) is 57.9 Å². The number of aliphatic hydroxyl groups excluding tert-OH is 1. The van der Waals surface area contributed by atoms with Gasteiger partial charge in [-0.15, -0.1) is 0 Å². The summed E-state index contributed by atoms with van der Waals surface area (Å²) in [6.45, 7) is 8.33. The smallest absolute Gasteiger partial charge is 0.313 e. The molecule has 4 aliphatic heterocycles. The summed E-state index contributed by atoms with van der Waals surface area (Å²) in [5, 5.41) is 13.2. The number of hydrogen-bond acceptors (Lipinski definition) is 7. The second-order valence-corrected chi connectivity index (χ2v) is 11.3. The number of fused-ring (bicyclic) bond motifs is 2. The topological polar surface area (TPSA) is 125 Å². The third kappa shape index (κ3) is 5.37. The van der Waals surface area contributed by atoms with Gasteiger partial charge in [-0.3, -0.25) is 19.2 Å². The van der Waals surface area contributed by atoms with E-state index in [0.717, 1.165) is 12.8 Å². The molecule has 4 aliphatic rings. The number of esters is 1. The number of unbranched alkanes of at least 4 members (excludes halogenated alkanes) is 1. The third-order valence-electron chi connectivity index (χ3n) is 8.69. The highest BCUT2D eigenvalue weighted by Gasteiger charge is 2.74. The molecular formula is C29H43N3O7. The Morgan fingerprint density at radius 1 is 1.18 bits per heavy atom. The summed E-state index contributed by atoms with van der Waals surface area (Å²) in [4.78, 5) is 57.6. The van der Waals surface area contributed by atoms with E-state index in [-0.39, 0.29) is 43.2 Å². The van der Waals surface area contributed by atoms with E-state index < -0.39 is 47.7 Å². The first-order chi connectivity index (χ1) is 18.7. The van der Waals surface area contributed by atoms with Crippen LogP contribution < -0.4 is 5.32 Å². The fourth-order valence-corrected chi connectivity index (χ4v) is 6.34. The van der Waals surface area contributed by atoms with Crippen molar-refractivity contribution in [3.63, 3.8) is 0 Å². The molecule has 216 valence electrons. The lowest BCUT2D eigenvalue weighted by molar-refractivity contribution is -0.159. The molecule has 0 radical (unpaired) electrons. The molecule has 3 amide bonds. The first-order valence-electron chi connectivity index (χ1n) is 14.4. The van der Waals surface area contributed by atoms with Crippen LogP contribution in [0.1, 0.15) is 59.8 Å². The van der Waals surface area contributed by atoms with Gasteiger partial charge >= 0.3 is 5.97 Å². The van der Waals surface area contributed by atoms with E-state index >= 15 is 0 Å². The maximum atomic E-state index is 14.4. The number of rotatable bonds is 7. The minimum Gasteiger partial charge on any atom is -0.460 e. The van der Waals surface area contributed by atoms with Crippen molar-refractivity contribution >= 4 is 23.7 Å². The molecule has 0 aromatic heterocycles. The van der Waals surface area contributed by atoms with Gasteiger partial charge in [0.25, 0.3) is 0 Å². The van der Waals surface area contributed by atoms with Crippen molar-refractivity contribution in [3.05, 3.63) is 24.3 Å². The quantitative estimate of drug-likeness (QED) is 0.367. The maximum absolute atomic E-state index is 14.4. The molecule has 2 N–H and O–H groups in total. The Morgan fingerprint density at radius 2 is 1.95 bits per heavy atom. The van der Waals surface area contributed by atoms with Crippen LogP contribution in [-0.2, 0) is 28.7 Å². The lowest BCUT2D eigenvalue weighted by Crippen LogP contribution is -2.59. The molecule has 0 aliphatic carbocycles. The highest BCUT2D eigenvalue weighted by molar-refractivity contribution is 5.99. The number of ether oxygens (including phenoxy) is 2. The SMILES string of the molecule is CCCCN1C/C=C\CCC(=O)NC[C@H](C)OC(=O)[C@@H]2[C@H]3C(=O)N([C@@H](CO)[C@@H](C)CC)[C@H](C1=O)[C@]31C=C[C@H]2O1. The van der Waals surface area contributed by atoms with Crippen molar-refractivity contribution in [1.82, 2.24) is 15.1 Å². The van der Waals surface area contributed by atoms with E-state index in [4.69, 9.17) is 9.47 Å². The van der Waals surface area contributed by atoms with Crippen LogP contribution in [-0.4, -0.2) is 94.7 Å². The highest BCUT2D eigenvalue weighted by Crippen LogP contribution is 2.56. The number of allylic oxidation sites excluding steroid dienone is 1. The average Bonchev–Trinajstić information content (AvgIpc) is 3.56. The number of aliphatic hydroxyl groups is 1. The molecule has 39 heavy (non-hydrogen) atoms. The first-order valence-corrected chi connectivity index (χ1v) is 14.4. The minimum absolute atomic E-state index is 0.0819. The van der Waals surface area contributed by atoms with Crippen LogP contribution in [0, 0.1) is 17.8 Å². The lowest BCUT2D eigenvalue weighted by Gasteiger charge is -2.40. The van der Waals surface area contributed by atoms with Gasteiger partial charge in [0.2, 0.25) is 17.7 Å². The number of amides is 3. The van der Waals surface area contributed by atoms with Gasteiger partial charge in [0.1, 0.15) is 23.7 Å². The van der Waals surface area contributed by atoms with Gasteiger partial charge in [-0.2, -0.15) is 0 Å². The molecule has 1 spiro atoms. The summed E-state index contributed by atoms with van der Waals surface area (Å²) in [6.07, 6.45) is 9.16. The van der Waals surface area contributed by atoms with Crippen molar-refractivity contribution in [2.75, 3.05) is 26.2 Å². The molecule has 0 aromatic rings. The van der Waals surface area contributed by atoms with E-state index in [0.29, 0.717) is 25.9 Å². The molecule has 4 rings (SSSR count). The van der Waals surface area contributed by atoms with Crippen LogP contribution in [0.4, 0.5) is 0 Å². The van der Waals surface area contributed by atoms with Crippen LogP contribution in [0.5, 0.6) is 0 Å². The summed E-state index contributed by atoms with van der Waals surface area (Å²) in [6, 6.07) is -1.62. The molecular weight excluding hydrogens is 502 g/mol. The van der Waals surface area contributed by atoms with Gasteiger partial charge in [-0.05, 0) is 25.7 Å². The van der Waals surface area contributed by atoms with E-state index in [1.54, 1.807) is 24.0 Å². The molecule has 10 heteroatoms. The number of cyclic esters (lactones) is 1. The third-order valence-corrected chi connectivity index (χ3v) is 8.69. The van der Waals surface area contributed by atoms with Crippen LogP contribution in [0.15, 0.2) is 24.3 Å². The number of hydrogen-bond donors (Lipinski definition) is 2. The zero-order valence-electron chi connectivity index (χ0n) is 23.5. The zero-order valence-corrected chi connectivity index (χ0v) is 23.5. The lowest BCUT2D eigenvalue weighted by atomic mass is 9.74. The van der Waals surface area contributed by atoms with Crippen molar-refractivity contribution in [2.45, 2.75) is 89.7 Å². The normalized spacial score (nSPS) is 35.6. The summed E-state index contributed by atoms with van der Waals surface area (Å²) < 4.78 is 12.1. The largest absolute Gasteiger partial charge is 0.460 e. The van der Waals surface area contributed by atoms with Gasteiger partial charge in [0, 0.05) is 19.5 Å². The Morgan fingerprint density at radius 3 is 2.64 bits per heavy atom. The average molecular weight is 546 g/mol. The molecule has 5 bridgehead atoms. The van der Waals surface area contributed by atoms with Gasteiger partial charge in [0.05, 0.1) is 31.2 Å². The summed E-state index contributed by atoms with van der Waals surface area (Å²) >= 11 is 0. The number of likely N-dealkylation sites (tertiary alicyclic amines) is 1. The summed E-state index contributed by atoms with van der Waals surface area (Å²) in [7, 11) is 0. The Bertz CT molecular complexity index is 1010. The molecule has 4 heterocycles. The first kappa shape index (κ1) is 29.3. The number of nitrogens with one attached hydrogen (secondary N) is 1. The fraction of sp³-hybridized carbons (Fsp3) is 0.724. The monoisotopic (exact) mass is 545 g/mol. The number of carbonyl (C=O) groups excluding carboxylic acids is 4. The fourth-order valence-electron chi connectivity index (χ4n) is 6.34. The van der Waals surface area contributed by atoms with E-state index in [1.807, 2.05) is 32.9 Å². The summed E-state index contributed by atoms with van der Waals surface area (Å²) in [5.74, 6) is -3.31. The number of carbonyl (C=O) groups is 4. The molecule has 0 unspecified atom stereocenters. The van der Waals surface area contributed by atoms with Crippen molar-refractivity contribution < 1.29 is 33.8 Å². The highest BCUT2D eigenvalue weighted by atomic mass is 16.6. The number of nitrogens with zero attached hydrogens (tertiary/aromatic N) is 2. The van der Waals surface area contributed by atoms with Crippen LogP contribution in [0.3, 0.4) is 0 Å². The van der Waals surface area contributed by atoms with Crippen LogP contribution in [0.2, 0.25) is 0 Å². The van der Waals surface area contributed by atoms with Crippen molar-refractivity contribution in [3.8, 4) is 0 Å². The molecule has 8 atom stereocenters. The Balaban J connectivity index is 1.80. The van der Waals surface area contributed by atoms with E-state index in [2.05, 4.69) is 5.32 Å². The van der Waals surface area contributed by atoms with Gasteiger partial charge in [0.15, 0.2) is 0 Å². The maximum Gasteiger partial charge on any atom is 0.313 e. The Hall–Kier alpha value is -2.72. The molecule has 2 fully saturated rings. The second kappa shape index (κ2) is 12.2. The van der Waals surface area contributed by atoms with Crippen molar-refractivity contribution in [1.29, 1.82) is 0 Å². The predicted octanol–water partition coefficient (Wildman–Crippen LogP) is 1.57. The standard InChI is InChI=1S/C29H43N3O7/c1-5-7-14-31-15-10-8-9-11-22(34)30-16-19(4)38-28(37)23-21-12-13-29(39-21)24(23)26(35)32(25(29)27(31)36)20(17-33)18(3)6-2/h8,10,12-13,18-21,23-25,33H,5-7,9,11,14-17H2,1-4H3,(H,30,34)/b10-8-/t18-,19-,20-,21+,23-,24-,25+,29-/m0/s1. The van der Waals surface area contributed by atoms with Gasteiger partial charge in [-0.25, -0.2) is 0 Å². The second-order valence-electron chi connectivity index (χ2n) is 11.3. The minimum atomic E-state index is -1.32. The van der Waals surface area contributed by atoms with E-state index in [9.17, 15) is 24.3 Å². The summed E-state index contributed by atoms with van der Waals surface area (Å²) in [5.41, 5.74) is -1.32. The molecule has 0 aromatic carbocycles. The molecule has 0 saturated carbocycles. The van der Waals surface area contributed by atoms with E-state index in [1.165, 1.54) is 4.90 Å². The van der Waals surface area contributed by atoms with Crippen molar-refractivity contribution in [2.24, 2.45) is 17.8 Å². The molecule has 10 nitrogen and oxygen atoms in total. The Kier molecular flexibility index (Phi) is 9.16. The zero-order chi connectivity index (χ0) is 28.3. The van der Waals surface area contributed by atoms with Crippen LogP contribution >= 0.6 is 0 Å². The van der Waals surface area contributed by atoms with Gasteiger partial charge < -0.3 is 29.7 Å².